The maximum absolute atomic E-state index is 4.18. The second-order valence-corrected chi connectivity index (χ2v) is 3.91. The first-order chi connectivity index (χ1) is 7.24. The average Bonchev–Trinajstić information content (AvgIpc) is 2.51. The minimum Gasteiger partial charge on any atom is -0.267 e. The Morgan fingerprint density at radius 3 is 2.67 bits per heavy atom. The lowest BCUT2D eigenvalue weighted by molar-refractivity contribution is 0.753. The van der Waals surface area contributed by atoms with Gasteiger partial charge in [-0.2, -0.15) is 5.10 Å². The fourth-order valence-corrected chi connectivity index (χ4v) is 1.57. The molecule has 0 N–H and O–H groups in total. The van der Waals surface area contributed by atoms with Crippen molar-refractivity contribution >= 4 is 22.0 Å². The van der Waals surface area contributed by atoms with Gasteiger partial charge in [-0.05, 0) is 34.5 Å². The van der Waals surface area contributed by atoms with E-state index in [0.29, 0.717) is 0 Å². The molecule has 0 spiro atoms. The largest absolute Gasteiger partial charge is 0.267 e. The number of aryl methyl sites for hydroxylation is 1. The van der Waals surface area contributed by atoms with Gasteiger partial charge in [-0.3, -0.25) is 4.68 Å². The van der Waals surface area contributed by atoms with Gasteiger partial charge in [0.15, 0.2) is 0 Å². The second kappa shape index (κ2) is 6.40. The lowest BCUT2D eigenvalue weighted by atomic mass is 10.3. The van der Waals surface area contributed by atoms with Gasteiger partial charge in [0.25, 0.3) is 0 Å². The van der Waals surface area contributed by atoms with Crippen LogP contribution < -0.4 is 0 Å². The van der Waals surface area contributed by atoms with Crippen molar-refractivity contribution in [3.05, 3.63) is 46.7 Å². The molecular formula is C12H15BrN2. The molecule has 80 valence electrons. The van der Waals surface area contributed by atoms with E-state index in [0.717, 1.165) is 16.7 Å². The molecule has 1 rings (SSSR count). The zero-order valence-electron chi connectivity index (χ0n) is 9.02. The van der Waals surface area contributed by atoms with E-state index in [1.54, 1.807) is 0 Å². The van der Waals surface area contributed by atoms with Crippen LogP contribution in [-0.2, 0) is 7.05 Å². The van der Waals surface area contributed by atoms with Crippen LogP contribution in [0, 0.1) is 0 Å². The number of hydrogen-bond donors (Lipinski definition) is 0. The van der Waals surface area contributed by atoms with Crippen LogP contribution in [0.2, 0.25) is 0 Å². The topological polar surface area (TPSA) is 17.8 Å². The Morgan fingerprint density at radius 2 is 2.07 bits per heavy atom. The van der Waals surface area contributed by atoms with Crippen molar-refractivity contribution in [2.75, 3.05) is 0 Å². The van der Waals surface area contributed by atoms with E-state index in [2.05, 4.69) is 34.0 Å². The van der Waals surface area contributed by atoms with Gasteiger partial charge in [0.1, 0.15) is 4.60 Å². The van der Waals surface area contributed by atoms with Crippen molar-refractivity contribution in [3.63, 3.8) is 0 Å². The molecular weight excluding hydrogens is 252 g/mol. The average molecular weight is 267 g/mol. The number of nitrogens with zero attached hydrogens (tertiary/aromatic N) is 2. The van der Waals surface area contributed by atoms with Crippen molar-refractivity contribution in [3.8, 4) is 0 Å². The highest BCUT2D eigenvalue weighted by Crippen LogP contribution is 2.10. The molecule has 0 bridgehead atoms. The summed E-state index contributed by atoms with van der Waals surface area (Å²) in [7, 11) is 1.92. The first kappa shape index (κ1) is 12.0. The molecule has 1 heterocycles. The maximum atomic E-state index is 4.18. The van der Waals surface area contributed by atoms with Crippen LogP contribution in [0.25, 0.3) is 6.08 Å². The van der Waals surface area contributed by atoms with Crippen molar-refractivity contribution in [1.29, 1.82) is 0 Å². The molecule has 1 aromatic rings. The third-order valence-electron chi connectivity index (χ3n) is 1.86. The minimum absolute atomic E-state index is 0.861. The van der Waals surface area contributed by atoms with E-state index < -0.39 is 0 Å². The molecule has 0 saturated carbocycles. The number of halogens is 1. The van der Waals surface area contributed by atoms with Gasteiger partial charge in [-0.1, -0.05) is 37.3 Å². The van der Waals surface area contributed by atoms with Crippen LogP contribution in [0.4, 0.5) is 0 Å². The molecule has 0 aliphatic rings. The molecule has 0 fully saturated rings. The van der Waals surface area contributed by atoms with E-state index in [1.165, 1.54) is 0 Å². The Balaban J connectivity index is 2.55. The Bertz CT molecular complexity index is 386. The van der Waals surface area contributed by atoms with E-state index in [1.807, 2.05) is 48.2 Å². The molecule has 2 nitrogen and oxygen atoms in total. The first-order valence-corrected chi connectivity index (χ1v) is 5.72. The Kier molecular flexibility index (Phi) is 5.12. The molecule has 15 heavy (non-hydrogen) atoms. The summed E-state index contributed by atoms with van der Waals surface area (Å²) in [4.78, 5) is 0. The van der Waals surface area contributed by atoms with Crippen LogP contribution >= 0.6 is 15.9 Å². The molecule has 0 aliphatic heterocycles. The van der Waals surface area contributed by atoms with Crippen LogP contribution in [0.5, 0.6) is 0 Å². The van der Waals surface area contributed by atoms with Gasteiger partial charge in [0.05, 0.1) is 5.69 Å². The molecule has 0 aliphatic carbocycles. The van der Waals surface area contributed by atoms with Crippen LogP contribution in [0.15, 0.2) is 41.0 Å². The Hall–Kier alpha value is -1.09. The van der Waals surface area contributed by atoms with Crippen molar-refractivity contribution in [2.45, 2.75) is 13.3 Å². The van der Waals surface area contributed by atoms with Crippen LogP contribution in [0.3, 0.4) is 0 Å². The highest BCUT2D eigenvalue weighted by atomic mass is 79.9. The fourth-order valence-electron chi connectivity index (χ4n) is 1.10. The number of aromatic nitrogens is 2. The summed E-state index contributed by atoms with van der Waals surface area (Å²) in [5, 5.41) is 4.18. The molecule has 0 unspecified atom stereocenters. The Morgan fingerprint density at radius 1 is 1.33 bits per heavy atom. The monoisotopic (exact) mass is 266 g/mol. The molecule has 0 amide bonds. The lowest BCUT2D eigenvalue weighted by Crippen LogP contribution is -1.91. The zero-order valence-corrected chi connectivity index (χ0v) is 10.6. The van der Waals surface area contributed by atoms with Crippen molar-refractivity contribution < 1.29 is 0 Å². The molecule has 3 heteroatoms. The van der Waals surface area contributed by atoms with E-state index in [4.69, 9.17) is 0 Å². The quantitative estimate of drug-likeness (QED) is 0.760. The summed E-state index contributed by atoms with van der Waals surface area (Å²) < 4.78 is 2.69. The third kappa shape index (κ3) is 4.30. The van der Waals surface area contributed by atoms with Crippen molar-refractivity contribution in [2.24, 2.45) is 7.05 Å². The number of hydrogen-bond acceptors (Lipinski definition) is 1. The van der Waals surface area contributed by atoms with Gasteiger partial charge in [0.2, 0.25) is 0 Å². The SMILES string of the molecule is CC\C=C/C=C/C=C\c1cc(Br)nn1C. The standard InChI is InChI=1S/C12H15BrN2/c1-3-4-5-6-7-8-9-11-10-12(13)14-15(11)2/h4-10H,3H2,1-2H3/b5-4-,7-6+,9-8-. The predicted octanol–water partition coefficient (Wildman–Crippen LogP) is 3.72. The van der Waals surface area contributed by atoms with Gasteiger partial charge in [0, 0.05) is 7.05 Å². The summed E-state index contributed by atoms with van der Waals surface area (Å²) in [6.07, 6.45) is 13.3. The van der Waals surface area contributed by atoms with Gasteiger partial charge < -0.3 is 0 Å². The first-order valence-electron chi connectivity index (χ1n) is 4.93. The van der Waals surface area contributed by atoms with Gasteiger partial charge in [-0.15, -0.1) is 0 Å². The molecule has 1 aromatic heterocycles. The highest BCUT2D eigenvalue weighted by Gasteiger charge is 1.96. The zero-order chi connectivity index (χ0) is 11.1. The number of allylic oxidation sites excluding steroid dienone is 5. The fraction of sp³-hybridized carbons (Fsp3) is 0.250. The summed E-state index contributed by atoms with van der Waals surface area (Å²) in [6, 6.07) is 1.98. The molecule has 0 aromatic carbocycles. The van der Waals surface area contributed by atoms with Gasteiger partial charge >= 0.3 is 0 Å². The number of rotatable bonds is 4. The Labute approximate surface area is 99.1 Å². The molecule has 0 saturated heterocycles. The summed E-state index contributed by atoms with van der Waals surface area (Å²) in [5.41, 5.74) is 1.07. The molecule has 0 atom stereocenters. The van der Waals surface area contributed by atoms with Crippen LogP contribution in [-0.4, -0.2) is 9.78 Å². The molecule has 0 radical (unpaired) electrons. The van der Waals surface area contributed by atoms with Crippen molar-refractivity contribution in [1.82, 2.24) is 9.78 Å². The third-order valence-corrected chi connectivity index (χ3v) is 2.25. The van der Waals surface area contributed by atoms with E-state index in [-0.39, 0.29) is 0 Å². The summed E-state index contributed by atoms with van der Waals surface area (Å²) in [6.45, 7) is 2.12. The normalized spacial score (nSPS) is 12.5. The summed E-state index contributed by atoms with van der Waals surface area (Å²) in [5.74, 6) is 0. The summed E-state index contributed by atoms with van der Waals surface area (Å²) >= 11 is 3.33. The smallest absolute Gasteiger partial charge is 0.128 e. The predicted molar refractivity (Wildman–Crippen MR) is 68.5 cm³/mol. The minimum atomic E-state index is 0.861. The lowest BCUT2D eigenvalue weighted by Gasteiger charge is -1.90. The maximum Gasteiger partial charge on any atom is 0.128 e. The second-order valence-electron chi connectivity index (χ2n) is 3.10. The van der Waals surface area contributed by atoms with E-state index >= 15 is 0 Å². The van der Waals surface area contributed by atoms with Gasteiger partial charge in [-0.25, -0.2) is 0 Å². The van der Waals surface area contributed by atoms with Crippen LogP contribution in [0.1, 0.15) is 19.0 Å². The van der Waals surface area contributed by atoms with E-state index in [9.17, 15) is 0 Å². The highest BCUT2D eigenvalue weighted by molar-refractivity contribution is 9.10.